The number of hydrogen-bond donors (Lipinski definition) is 1. The number of nitrogens with zero attached hydrogens (tertiary/aromatic N) is 3. The van der Waals surface area contributed by atoms with Crippen LogP contribution < -0.4 is 4.72 Å². The van der Waals surface area contributed by atoms with E-state index in [0.29, 0.717) is 10.8 Å². The lowest BCUT2D eigenvalue weighted by Crippen LogP contribution is -2.13. The summed E-state index contributed by atoms with van der Waals surface area (Å²) in [5.74, 6) is 0. The highest BCUT2D eigenvalue weighted by Crippen LogP contribution is 2.30. The summed E-state index contributed by atoms with van der Waals surface area (Å²) < 4.78 is 30.8. The molecule has 4 rings (SSSR count). The lowest BCUT2D eigenvalue weighted by atomic mass is 10.2. The highest BCUT2D eigenvalue weighted by Gasteiger charge is 2.22. The van der Waals surface area contributed by atoms with Crippen LogP contribution in [0.2, 0.25) is 0 Å². The smallest absolute Gasteiger partial charge is 0.254 e. The molecule has 2 heterocycles. The number of aryl methyl sites for hydroxylation is 2. The van der Waals surface area contributed by atoms with Gasteiger partial charge in [0.2, 0.25) is 0 Å². The van der Waals surface area contributed by atoms with Crippen LogP contribution in [0.25, 0.3) is 15.9 Å². The molecular formula is C18H16N4O2S2. The molecule has 0 aliphatic carbocycles. The molecule has 0 aliphatic heterocycles. The Balaban J connectivity index is 1.70. The summed E-state index contributed by atoms with van der Waals surface area (Å²) in [7, 11) is -3.78. The largest absolute Gasteiger partial charge is 0.267 e. The first kappa shape index (κ1) is 16.7. The molecule has 0 amide bonds. The fourth-order valence-electron chi connectivity index (χ4n) is 2.72. The Labute approximate surface area is 155 Å². The summed E-state index contributed by atoms with van der Waals surface area (Å²) in [6.45, 7) is 3.63. The van der Waals surface area contributed by atoms with Crippen LogP contribution in [0.4, 0.5) is 5.13 Å². The van der Waals surface area contributed by atoms with Gasteiger partial charge in [-0.15, -0.1) is 0 Å². The first-order valence-electron chi connectivity index (χ1n) is 7.95. The van der Waals surface area contributed by atoms with E-state index in [4.69, 9.17) is 0 Å². The van der Waals surface area contributed by atoms with Crippen molar-refractivity contribution >= 4 is 36.7 Å². The van der Waals surface area contributed by atoms with Gasteiger partial charge in [0.25, 0.3) is 10.0 Å². The Morgan fingerprint density at radius 2 is 1.81 bits per heavy atom. The molecule has 0 unspecified atom stereocenters. The molecule has 6 nitrogen and oxygen atoms in total. The van der Waals surface area contributed by atoms with Gasteiger partial charge >= 0.3 is 0 Å². The van der Waals surface area contributed by atoms with E-state index in [-0.39, 0.29) is 4.90 Å². The summed E-state index contributed by atoms with van der Waals surface area (Å²) in [6, 6.07) is 15.2. The highest BCUT2D eigenvalue weighted by atomic mass is 32.2. The van der Waals surface area contributed by atoms with Crippen molar-refractivity contribution in [3.8, 4) is 5.69 Å². The third kappa shape index (κ3) is 2.97. The number of para-hydroxylation sites is 2. The fraction of sp³-hybridized carbons (Fsp3) is 0.111. The van der Waals surface area contributed by atoms with Crippen molar-refractivity contribution < 1.29 is 8.42 Å². The predicted octanol–water partition coefficient (Wildman–Crippen LogP) is 3.90. The van der Waals surface area contributed by atoms with Crippen LogP contribution in [0, 0.1) is 13.8 Å². The number of rotatable bonds is 4. The number of nitrogens with one attached hydrogen (secondary N) is 1. The number of sulfonamides is 1. The lowest BCUT2D eigenvalue weighted by molar-refractivity contribution is 0.600. The molecule has 0 bridgehead atoms. The van der Waals surface area contributed by atoms with Gasteiger partial charge < -0.3 is 0 Å². The molecule has 132 valence electrons. The van der Waals surface area contributed by atoms with Crippen LogP contribution in [0.5, 0.6) is 0 Å². The Bertz CT molecular complexity index is 1190. The van der Waals surface area contributed by atoms with Gasteiger partial charge in [-0.05, 0) is 37.6 Å². The Kier molecular flexibility index (Phi) is 4.01. The van der Waals surface area contributed by atoms with Crippen molar-refractivity contribution in [3.05, 3.63) is 66.0 Å². The third-order valence-corrected chi connectivity index (χ3v) is 6.51. The highest BCUT2D eigenvalue weighted by molar-refractivity contribution is 7.93. The summed E-state index contributed by atoms with van der Waals surface area (Å²) >= 11 is 1.31. The van der Waals surface area contributed by atoms with Crippen LogP contribution in [-0.2, 0) is 10.0 Å². The SMILES string of the molecule is Cc1nn(-c2ccccc2)cc1S(=O)(=O)Nc1nc2c(C)cccc2s1. The second kappa shape index (κ2) is 6.22. The minimum absolute atomic E-state index is 0.136. The minimum Gasteiger partial charge on any atom is -0.254 e. The lowest BCUT2D eigenvalue weighted by Gasteiger charge is -2.03. The zero-order chi connectivity index (χ0) is 18.3. The molecule has 8 heteroatoms. The second-order valence-corrected chi connectivity index (χ2v) is 8.59. The molecule has 4 aromatic rings. The van der Waals surface area contributed by atoms with Gasteiger partial charge in [0, 0.05) is 0 Å². The quantitative estimate of drug-likeness (QED) is 0.579. The average Bonchev–Trinajstić information content (AvgIpc) is 3.20. The van der Waals surface area contributed by atoms with Crippen LogP contribution in [-0.4, -0.2) is 23.2 Å². The molecule has 0 fully saturated rings. The van der Waals surface area contributed by atoms with Crippen molar-refractivity contribution in [2.45, 2.75) is 18.7 Å². The van der Waals surface area contributed by atoms with E-state index in [1.54, 1.807) is 11.6 Å². The van der Waals surface area contributed by atoms with Crippen LogP contribution >= 0.6 is 11.3 Å². The number of aromatic nitrogens is 3. The summed E-state index contributed by atoms with van der Waals surface area (Å²) in [4.78, 5) is 4.56. The van der Waals surface area contributed by atoms with Crippen molar-refractivity contribution in [2.24, 2.45) is 0 Å². The molecule has 0 radical (unpaired) electrons. The Hall–Kier alpha value is -2.71. The third-order valence-electron chi connectivity index (χ3n) is 4.01. The maximum atomic E-state index is 12.8. The van der Waals surface area contributed by atoms with Crippen LogP contribution in [0.15, 0.2) is 59.6 Å². The Morgan fingerprint density at radius 1 is 1.04 bits per heavy atom. The van der Waals surface area contributed by atoms with Crippen molar-refractivity contribution in [2.75, 3.05) is 4.72 Å². The maximum Gasteiger partial charge on any atom is 0.267 e. The average molecular weight is 384 g/mol. The van der Waals surface area contributed by atoms with E-state index in [0.717, 1.165) is 21.5 Å². The molecule has 2 aromatic heterocycles. The van der Waals surface area contributed by atoms with E-state index >= 15 is 0 Å². The molecule has 0 atom stereocenters. The molecule has 26 heavy (non-hydrogen) atoms. The van der Waals surface area contributed by atoms with E-state index in [1.165, 1.54) is 17.5 Å². The van der Waals surface area contributed by atoms with Gasteiger partial charge in [-0.1, -0.05) is 41.7 Å². The van der Waals surface area contributed by atoms with Crippen molar-refractivity contribution in [3.63, 3.8) is 0 Å². The van der Waals surface area contributed by atoms with Crippen LogP contribution in [0.1, 0.15) is 11.3 Å². The number of benzene rings is 2. The molecule has 0 saturated heterocycles. The molecule has 1 N–H and O–H groups in total. The van der Waals surface area contributed by atoms with Gasteiger partial charge in [0.1, 0.15) is 4.90 Å². The van der Waals surface area contributed by atoms with E-state index in [9.17, 15) is 8.42 Å². The van der Waals surface area contributed by atoms with Crippen molar-refractivity contribution in [1.29, 1.82) is 0 Å². The first-order valence-corrected chi connectivity index (χ1v) is 10.2. The predicted molar refractivity (Wildman–Crippen MR) is 103 cm³/mol. The minimum atomic E-state index is -3.78. The zero-order valence-corrected chi connectivity index (χ0v) is 15.8. The zero-order valence-electron chi connectivity index (χ0n) is 14.2. The van der Waals surface area contributed by atoms with Gasteiger partial charge in [-0.25, -0.2) is 18.1 Å². The topological polar surface area (TPSA) is 76.9 Å². The Morgan fingerprint density at radius 3 is 2.54 bits per heavy atom. The molecule has 0 aliphatic rings. The number of anilines is 1. The van der Waals surface area contributed by atoms with E-state index < -0.39 is 10.0 Å². The van der Waals surface area contributed by atoms with Gasteiger partial charge in [-0.2, -0.15) is 5.10 Å². The number of thiazole rings is 1. The molecule has 2 aromatic carbocycles. The standard InChI is InChI=1S/C18H16N4O2S2/c1-12-7-6-10-15-17(12)19-18(25-15)21-26(23,24)16-11-22(20-13(16)2)14-8-4-3-5-9-14/h3-11H,1-2H3,(H,19,21). The monoisotopic (exact) mass is 384 g/mol. The number of hydrogen-bond acceptors (Lipinski definition) is 5. The van der Waals surface area contributed by atoms with Crippen LogP contribution in [0.3, 0.4) is 0 Å². The second-order valence-electron chi connectivity index (χ2n) is 5.91. The van der Waals surface area contributed by atoms with Gasteiger partial charge in [0.05, 0.1) is 27.8 Å². The number of fused-ring (bicyclic) bond motifs is 1. The molecular weight excluding hydrogens is 368 g/mol. The fourth-order valence-corrected chi connectivity index (χ4v) is 5.07. The summed E-state index contributed by atoms with van der Waals surface area (Å²) in [5, 5.41) is 4.67. The van der Waals surface area contributed by atoms with E-state index in [1.807, 2.05) is 55.5 Å². The summed E-state index contributed by atoms with van der Waals surface area (Å²) in [6.07, 6.45) is 1.52. The summed E-state index contributed by atoms with van der Waals surface area (Å²) in [5.41, 5.74) is 3.05. The maximum absolute atomic E-state index is 12.8. The van der Waals surface area contributed by atoms with Gasteiger partial charge in [0.15, 0.2) is 5.13 Å². The molecule has 0 saturated carbocycles. The van der Waals surface area contributed by atoms with E-state index in [2.05, 4.69) is 14.8 Å². The molecule has 0 spiro atoms. The first-order chi connectivity index (χ1) is 12.4. The normalized spacial score (nSPS) is 11.8. The van der Waals surface area contributed by atoms with Gasteiger partial charge in [-0.3, -0.25) is 4.72 Å². The van der Waals surface area contributed by atoms with Crippen molar-refractivity contribution in [1.82, 2.24) is 14.8 Å².